The Bertz CT molecular complexity index is 1140. The Kier molecular flexibility index (Phi) is 6.93. The van der Waals surface area contributed by atoms with Gasteiger partial charge in [-0.15, -0.1) is 0 Å². The number of ether oxygens (including phenoxy) is 1. The van der Waals surface area contributed by atoms with Gasteiger partial charge in [-0.2, -0.15) is 0 Å². The van der Waals surface area contributed by atoms with Crippen LogP contribution in [0.1, 0.15) is 22.2 Å². The standard InChI is InChI=1S/C23H27GeN3O5/c1-24(2,3)16-8-10-17(11-9-16)25-22(29)21(15-6-12-18(31-5)13-7-15)27(4)23(30)19-14-20(28)26-32-19/h6-14,21H,1-5H3,(H,25,29)(H,26,28). The van der Waals surface area contributed by atoms with E-state index >= 15 is 0 Å². The molecule has 1 atom stereocenters. The van der Waals surface area contributed by atoms with Crippen molar-refractivity contribution in [2.45, 2.75) is 23.3 Å². The van der Waals surface area contributed by atoms with Crippen molar-refractivity contribution >= 4 is 35.2 Å². The number of rotatable bonds is 7. The molecule has 0 aliphatic heterocycles. The number of aromatic amines is 1. The molecule has 2 aromatic carbocycles. The Morgan fingerprint density at radius 1 is 1.06 bits per heavy atom. The van der Waals surface area contributed by atoms with E-state index in [0.29, 0.717) is 17.0 Å². The molecule has 0 bridgehead atoms. The number of carbonyl (C=O) groups excluding carboxylic acids is 2. The predicted octanol–water partition coefficient (Wildman–Crippen LogP) is 2.97. The number of H-pyrrole nitrogens is 1. The first-order valence-electron chi connectivity index (χ1n) is 10.1. The summed E-state index contributed by atoms with van der Waals surface area (Å²) < 4.78 is 11.5. The third-order valence-corrected chi connectivity index (χ3v) is 9.47. The molecular weight excluding hydrogens is 471 g/mol. The Labute approximate surface area is 188 Å². The van der Waals surface area contributed by atoms with Crippen LogP contribution in [-0.2, 0) is 4.79 Å². The summed E-state index contributed by atoms with van der Waals surface area (Å²) >= 11 is -1.97. The van der Waals surface area contributed by atoms with Crippen LogP contribution in [0.5, 0.6) is 5.75 Å². The van der Waals surface area contributed by atoms with Gasteiger partial charge in [0.1, 0.15) is 0 Å². The average Bonchev–Trinajstić information content (AvgIpc) is 3.19. The van der Waals surface area contributed by atoms with Gasteiger partial charge in [0.05, 0.1) is 7.11 Å². The second-order valence-corrected chi connectivity index (χ2v) is 19.1. The molecule has 9 heteroatoms. The first-order valence-corrected chi connectivity index (χ1v) is 17.5. The summed E-state index contributed by atoms with van der Waals surface area (Å²) in [5.41, 5.74) is 0.687. The minimum atomic E-state index is -1.97. The van der Waals surface area contributed by atoms with Gasteiger partial charge < -0.3 is 0 Å². The van der Waals surface area contributed by atoms with Crippen molar-refractivity contribution < 1.29 is 18.8 Å². The number of amides is 2. The minimum absolute atomic E-state index is 0.176. The number of aromatic nitrogens is 1. The molecular formula is C23H27GeN3O5. The Morgan fingerprint density at radius 3 is 2.19 bits per heavy atom. The molecule has 32 heavy (non-hydrogen) atoms. The molecule has 1 heterocycles. The second-order valence-electron chi connectivity index (χ2n) is 8.49. The molecule has 0 fully saturated rings. The van der Waals surface area contributed by atoms with E-state index in [-0.39, 0.29) is 5.76 Å². The zero-order valence-electron chi connectivity index (χ0n) is 18.8. The molecule has 0 aliphatic carbocycles. The van der Waals surface area contributed by atoms with Crippen LogP contribution in [0.3, 0.4) is 0 Å². The maximum absolute atomic E-state index is 13.3. The third-order valence-electron chi connectivity index (χ3n) is 5.14. The van der Waals surface area contributed by atoms with Crippen LogP contribution >= 0.6 is 0 Å². The fourth-order valence-corrected chi connectivity index (χ4v) is 5.73. The summed E-state index contributed by atoms with van der Waals surface area (Å²) in [5, 5.41) is 4.99. The van der Waals surface area contributed by atoms with Crippen molar-refractivity contribution in [3.63, 3.8) is 0 Å². The van der Waals surface area contributed by atoms with Gasteiger partial charge >= 0.3 is 177 Å². The van der Waals surface area contributed by atoms with Crippen molar-refractivity contribution in [1.29, 1.82) is 0 Å². The molecule has 8 nitrogen and oxygen atoms in total. The average molecular weight is 498 g/mol. The molecule has 1 aromatic heterocycles. The molecule has 2 amide bonds. The summed E-state index contributed by atoms with van der Waals surface area (Å²) in [6, 6.07) is 14.8. The van der Waals surface area contributed by atoms with Crippen LogP contribution in [0.2, 0.25) is 17.3 Å². The van der Waals surface area contributed by atoms with Crippen LogP contribution in [0.4, 0.5) is 5.69 Å². The Balaban J connectivity index is 1.91. The van der Waals surface area contributed by atoms with E-state index in [1.807, 2.05) is 24.3 Å². The summed E-state index contributed by atoms with van der Waals surface area (Å²) in [6.45, 7) is 0. The van der Waals surface area contributed by atoms with E-state index in [4.69, 9.17) is 9.26 Å². The van der Waals surface area contributed by atoms with E-state index in [2.05, 4.69) is 27.7 Å². The molecule has 2 N–H and O–H groups in total. The molecule has 168 valence electrons. The molecule has 3 rings (SSSR count). The monoisotopic (exact) mass is 499 g/mol. The van der Waals surface area contributed by atoms with Crippen molar-refractivity contribution in [2.24, 2.45) is 0 Å². The van der Waals surface area contributed by atoms with Crippen LogP contribution in [-0.4, -0.2) is 49.3 Å². The predicted molar refractivity (Wildman–Crippen MR) is 125 cm³/mol. The molecule has 1 unspecified atom stereocenters. The fourth-order valence-electron chi connectivity index (χ4n) is 3.28. The van der Waals surface area contributed by atoms with E-state index < -0.39 is 36.7 Å². The second kappa shape index (κ2) is 9.48. The molecule has 0 spiro atoms. The zero-order chi connectivity index (χ0) is 23.5. The Hall–Kier alpha value is -3.27. The van der Waals surface area contributed by atoms with Crippen molar-refractivity contribution in [3.05, 3.63) is 76.3 Å². The van der Waals surface area contributed by atoms with Gasteiger partial charge in [0, 0.05) is 0 Å². The van der Waals surface area contributed by atoms with Crippen molar-refractivity contribution in [1.82, 2.24) is 10.1 Å². The number of nitrogens with zero attached hydrogens (tertiary/aromatic N) is 1. The molecule has 3 aromatic rings. The van der Waals surface area contributed by atoms with Crippen LogP contribution in [0.25, 0.3) is 0 Å². The summed E-state index contributed by atoms with van der Waals surface area (Å²) in [6.07, 6.45) is 0. The van der Waals surface area contributed by atoms with E-state index in [1.165, 1.54) is 16.3 Å². The summed E-state index contributed by atoms with van der Waals surface area (Å²) in [5.74, 6) is 6.35. The molecule has 0 radical (unpaired) electrons. The Morgan fingerprint density at radius 2 is 1.69 bits per heavy atom. The summed E-state index contributed by atoms with van der Waals surface area (Å²) in [7, 11) is 3.04. The number of likely N-dealkylation sites (N-methyl/N-ethyl adjacent to an activating group) is 1. The van der Waals surface area contributed by atoms with Crippen molar-refractivity contribution in [3.8, 4) is 5.75 Å². The van der Waals surface area contributed by atoms with Crippen LogP contribution < -0.4 is 20.0 Å². The van der Waals surface area contributed by atoms with E-state index in [9.17, 15) is 14.4 Å². The number of carbonyl (C=O) groups is 2. The van der Waals surface area contributed by atoms with Gasteiger partial charge in [0.2, 0.25) is 0 Å². The molecule has 0 saturated heterocycles. The molecule has 0 aliphatic rings. The van der Waals surface area contributed by atoms with E-state index in [1.54, 1.807) is 31.4 Å². The fraction of sp³-hybridized carbons (Fsp3) is 0.261. The van der Waals surface area contributed by atoms with Gasteiger partial charge in [0.15, 0.2) is 0 Å². The zero-order valence-corrected chi connectivity index (χ0v) is 20.9. The van der Waals surface area contributed by atoms with Gasteiger partial charge in [-0.1, -0.05) is 0 Å². The first kappa shape index (κ1) is 23.4. The van der Waals surface area contributed by atoms with Crippen molar-refractivity contribution in [2.75, 3.05) is 19.5 Å². The topological polar surface area (TPSA) is 105 Å². The maximum atomic E-state index is 13.3. The number of methoxy groups -OCH3 is 1. The number of hydrogen-bond acceptors (Lipinski definition) is 5. The van der Waals surface area contributed by atoms with Gasteiger partial charge in [-0.3, -0.25) is 4.79 Å². The van der Waals surface area contributed by atoms with Gasteiger partial charge in [0.25, 0.3) is 0 Å². The van der Waals surface area contributed by atoms with Gasteiger partial charge in [-0.25, -0.2) is 0 Å². The van der Waals surface area contributed by atoms with Crippen LogP contribution in [0, 0.1) is 0 Å². The van der Waals surface area contributed by atoms with E-state index in [0.717, 1.165) is 6.07 Å². The molecule has 0 saturated carbocycles. The SMILES string of the molecule is COc1ccc(C(C(=O)Nc2cc[c]([Ge]([CH3])([CH3])[CH3])cc2)N(C)C(=O)c2cc(=O)[nH]o2)cc1. The van der Waals surface area contributed by atoms with Gasteiger partial charge in [-0.05, 0) is 0 Å². The normalized spacial score (nSPS) is 12.2. The quantitative estimate of drug-likeness (QED) is 0.488. The summed E-state index contributed by atoms with van der Waals surface area (Å²) in [4.78, 5) is 38.8. The van der Waals surface area contributed by atoms with Crippen LogP contribution in [0.15, 0.2) is 63.9 Å². The first-order chi connectivity index (χ1) is 15.1. The number of benzene rings is 2. The third kappa shape index (κ3) is 5.31. The number of hydrogen-bond donors (Lipinski definition) is 2. The number of anilines is 1. The number of nitrogens with one attached hydrogen (secondary N) is 2.